The lowest BCUT2D eigenvalue weighted by molar-refractivity contribution is -0.129. The van der Waals surface area contributed by atoms with Crippen LogP contribution in [0.25, 0.3) is 10.9 Å². The summed E-state index contributed by atoms with van der Waals surface area (Å²) in [4.78, 5) is 17.0. The van der Waals surface area contributed by atoms with Crippen LogP contribution in [0.4, 0.5) is 5.69 Å². The Labute approximate surface area is 118 Å². The van der Waals surface area contributed by atoms with Gasteiger partial charge < -0.3 is 11.1 Å². The van der Waals surface area contributed by atoms with Crippen LogP contribution in [0.5, 0.6) is 0 Å². The molecule has 4 nitrogen and oxygen atoms in total. The minimum Gasteiger partial charge on any atom is -0.329 e. The number of fused-ring (bicyclic) bond motifs is 1. The van der Waals surface area contributed by atoms with Gasteiger partial charge in [-0.3, -0.25) is 9.78 Å². The Kier molecular flexibility index (Phi) is 3.18. The van der Waals surface area contributed by atoms with E-state index in [1.54, 1.807) is 0 Å². The van der Waals surface area contributed by atoms with Gasteiger partial charge in [-0.15, -0.1) is 0 Å². The Morgan fingerprint density at radius 1 is 1.35 bits per heavy atom. The summed E-state index contributed by atoms with van der Waals surface area (Å²) in [5.41, 5.74) is 7.97. The van der Waals surface area contributed by atoms with Gasteiger partial charge in [0.2, 0.25) is 5.91 Å². The summed E-state index contributed by atoms with van der Waals surface area (Å²) in [5, 5.41) is 4.06. The second-order valence-corrected chi connectivity index (χ2v) is 5.62. The molecule has 20 heavy (non-hydrogen) atoms. The topological polar surface area (TPSA) is 68.0 Å². The van der Waals surface area contributed by atoms with Gasteiger partial charge in [-0.2, -0.15) is 0 Å². The molecule has 1 aliphatic rings. The molecule has 1 aromatic carbocycles. The van der Waals surface area contributed by atoms with Crippen LogP contribution in [0.1, 0.15) is 25.0 Å². The first kappa shape index (κ1) is 13.1. The van der Waals surface area contributed by atoms with Gasteiger partial charge in [-0.1, -0.05) is 24.6 Å². The van der Waals surface area contributed by atoms with Crippen molar-refractivity contribution in [3.05, 3.63) is 36.0 Å². The highest BCUT2D eigenvalue weighted by Gasteiger charge is 2.42. The minimum absolute atomic E-state index is 0.0297. The van der Waals surface area contributed by atoms with Crippen molar-refractivity contribution < 1.29 is 4.79 Å². The van der Waals surface area contributed by atoms with Crippen LogP contribution in [0, 0.1) is 12.3 Å². The van der Waals surface area contributed by atoms with Crippen LogP contribution in [0.2, 0.25) is 0 Å². The molecule has 1 heterocycles. The Balaban J connectivity index is 1.95. The Morgan fingerprint density at radius 2 is 2.15 bits per heavy atom. The zero-order valence-corrected chi connectivity index (χ0v) is 11.6. The first-order chi connectivity index (χ1) is 9.64. The average Bonchev–Trinajstić information content (AvgIpc) is 2.39. The minimum atomic E-state index is -0.369. The third-order valence-corrected chi connectivity index (χ3v) is 4.29. The van der Waals surface area contributed by atoms with Crippen molar-refractivity contribution in [1.29, 1.82) is 0 Å². The molecule has 0 aliphatic heterocycles. The van der Waals surface area contributed by atoms with Gasteiger partial charge in [0, 0.05) is 17.6 Å². The number of pyridine rings is 1. The fourth-order valence-electron chi connectivity index (χ4n) is 2.73. The predicted octanol–water partition coefficient (Wildman–Crippen LogP) is 2.61. The molecule has 104 valence electrons. The van der Waals surface area contributed by atoms with Crippen LogP contribution in [0.15, 0.2) is 30.3 Å². The van der Waals surface area contributed by atoms with Crippen molar-refractivity contribution in [1.82, 2.24) is 4.98 Å². The highest BCUT2D eigenvalue weighted by Crippen LogP contribution is 2.41. The molecule has 0 saturated heterocycles. The number of nitrogens with zero attached hydrogens (tertiary/aromatic N) is 1. The van der Waals surface area contributed by atoms with Crippen molar-refractivity contribution >= 4 is 22.5 Å². The van der Waals surface area contributed by atoms with E-state index in [2.05, 4.69) is 10.3 Å². The van der Waals surface area contributed by atoms with Gasteiger partial charge in [0.25, 0.3) is 0 Å². The molecule has 1 saturated carbocycles. The molecule has 2 aromatic rings. The first-order valence-corrected chi connectivity index (χ1v) is 7.02. The maximum atomic E-state index is 12.5. The SMILES string of the molecule is Cc1ccc2cccc(NC(=O)C3(CN)CCC3)c2n1. The quantitative estimate of drug-likeness (QED) is 0.900. The number of carbonyl (C=O) groups is 1. The second kappa shape index (κ2) is 4.87. The van der Waals surface area contributed by atoms with E-state index in [1.165, 1.54) is 0 Å². The average molecular weight is 269 g/mol. The molecule has 0 spiro atoms. The van der Waals surface area contributed by atoms with Crippen molar-refractivity contribution in [2.45, 2.75) is 26.2 Å². The second-order valence-electron chi connectivity index (χ2n) is 5.62. The number of aryl methyl sites for hydroxylation is 1. The van der Waals surface area contributed by atoms with Gasteiger partial charge in [0.15, 0.2) is 0 Å². The van der Waals surface area contributed by atoms with Crippen LogP contribution in [0.3, 0.4) is 0 Å². The molecule has 1 aromatic heterocycles. The molecule has 3 N–H and O–H groups in total. The van der Waals surface area contributed by atoms with Crippen LogP contribution in [-0.2, 0) is 4.79 Å². The Hall–Kier alpha value is -1.94. The first-order valence-electron chi connectivity index (χ1n) is 7.02. The summed E-state index contributed by atoms with van der Waals surface area (Å²) >= 11 is 0. The third kappa shape index (κ3) is 2.06. The van der Waals surface area contributed by atoms with Crippen molar-refractivity contribution in [3.63, 3.8) is 0 Å². The zero-order valence-electron chi connectivity index (χ0n) is 11.6. The molecule has 0 unspecified atom stereocenters. The van der Waals surface area contributed by atoms with Gasteiger partial charge in [0.1, 0.15) is 0 Å². The number of amides is 1. The largest absolute Gasteiger partial charge is 0.329 e. The fourth-order valence-corrected chi connectivity index (χ4v) is 2.73. The monoisotopic (exact) mass is 269 g/mol. The molecule has 0 atom stereocenters. The Morgan fingerprint density at radius 3 is 2.80 bits per heavy atom. The number of para-hydroxylation sites is 1. The molecular formula is C16H19N3O. The smallest absolute Gasteiger partial charge is 0.231 e. The summed E-state index contributed by atoms with van der Waals surface area (Å²) in [6.45, 7) is 2.36. The van der Waals surface area contributed by atoms with Crippen LogP contribution >= 0.6 is 0 Å². The lowest BCUT2D eigenvalue weighted by Gasteiger charge is -2.39. The molecule has 1 amide bonds. The predicted molar refractivity (Wildman–Crippen MR) is 80.4 cm³/mol. The van der Waals surface area contributed by atoms with Gasteiger partial charge >= 0.3 is 0 Å². The number of hydrogen-bond donors (Lipinski definition) is 2. The van der Waals surface area contributed by atoms with Crippen molar-refractivity contribution in [2.75, 3.05) is 11.9 Å². The number of benzene rings is 1. The molecule has 0 radical (unpaired) electrons. The number of carbonyl (C=O) groups excluding carboxylic acids is 1. The van der Waals surface area contributed by atoms with E-state index < -0.39 is 0 Å². The summed E-state index contributed by atoms with van der Waals surface area (Å²) < 4.78 is 0. The highest BCUT2D eigenvalue weighted by molar-refractivity contribution is 6.02. The van der Waals surface area contributed by atoms with E-state index >= 15 is 0 Å². The zero-order chi connectivity index (χ0) is 14.2. The normalized spacial score (nSPS) is 16.7. The molecule has 1 fully saturated rings. The summed E-state index contributed by atoms with van der Waals surface area (Å²) in [7, 11) is 0. The molecule has 3 rings (SSSR count). The molecular weight excluding hydrogens is 250 g/mol. The maximum Gasteiger partial charge on any atom is 0.231 e. The lowest BCUT2D eigenvalue weighted by Crippen LogP contribution is -2.47. The number of hydrogen-bond acceptors (Lipinski definition) is 3. The summed E-state index contributed by atoms with van der Waals surface area (Å²) in [5.74, 6) is 0.0297. The molecule has 0 bridgehead atoms. The lowest BCUT2D eigenvalue weighted by atomic mass is 9.68. The van der Waals surface area contributed by atoms with E-state index in [0.29, 0.717) is 6.54 Å². The number of rotatable bonds is 3. The van der Waals surface area contributed by atoms with Crippen LogP contribution < -0.4 is 11.1 Å². The molecule has 1 aliphatic carbocycles. The summed E-state index contributed by atoms with van der Waals surface area (Å²) in [6, 6.07) is 9.83. The summed E-state index contributed by atoms with van der Waals surface area (Å²) in [6.07, 6.45) is 2.84. The number of nitrogens with two attached hydrogens (primary N) is 1. The van der Waals surface area contributed by atoms with Gasteiger partial charge in [-0.05, 0) is 31.9 Å². The van der Waals surface area contributed by atoms with E-state index in [0.717, 1.165) is 41.5 Å². The van der Waals surface area contributed by atoms with E-state index in [4.69, 9.17) is 5.73 Å². The molecule has 4 heteroatoms. The fraction of sp³-hybridized carbons (Fsp3) is 0.375. The van der Waals surface area contributed by atoms with E-state index in [1.807, 2.05) is 37.3 Å². The standard InChI is InChI=1S/C16H19N3O/c1-11-6-7-12-4-2-5-13(14(12)18-11)19-15(20)16(10-17)8-3-9-16/h2,4-7H,3,8-10,17H2,1H3,(H,19,20). The van der Waals surface area contributed by atoms with E-state index in [-0.39, 0.29) is 11.3 Å². The van der Waals surface area contributed by atoms with Gasteiger partial charge in [0.05, 0.1) is 16.6 Å². The van der Waals surface area contributed by atoms with E-state index in [9.17, 15) is 4.79 Å². The van der Waals surface area contributed by atoms with Crippen LogP contribution in [-0.4, -0.2) is 17.4 Å². The number of nitrogens with one attached hydrogen (secondary N) is 1. The van der Waals surface area contributed by atoms with Gasteiger partial charge in [-0.25, -0.2) is 0 Å². The Bertz CT molecular complexity index is 656. The highest BCUT2D eigenvalue weighted by atomic mass is 16.2. The maximum absolute atomic E-state index is 12.5. The number of anilines is 1. The van der Waals surface area contributed by atoms with Crippen molar-refractivity contribution in [2.24, 2.45) is 11.1 Å². The van der Waals surface area contributed by atoms with Crippen molar-refractivity contribution in [3.8, 4) is 0 Å². The third-order valence-electron chi connectivity index (χ3n) is 4.29. The number of aromatic nitrogens is 1.